The number of benzene rings is 2. The molecule has 2 aromatic carbocycles. The topological polar surface area (TPSA) is 43.4 Å². The molecule has 0 saturated heterocycles. The Kier molecular flexibility index (Phi) is 5.00. The van der Waals surface area contributed by atoms with E-state index < -0.39 is 5.92 Å². The second kappa shape index (κ2) is 7.29. The Bertz CT molecular complexity index is 900. The third-order valence-electron chi connectivity index (χ3n) is 5.74. The third kappa shape index (κ3) is 3.39. The van der Waals surface area contributed by atoms with E-state index in [0.29, 0.717) is 21.5 Å². The van der Waals surface area contributed by atoms with E-state index in [1.54, 1.807) is 18.2 Å². The molecule has 2 bridgehead atoms. The fourth-order valence-corrected chi connectivity index (χ4v) is 4.78. The highest BCUT2D eigenvalue weighted by molar-refractivity contribution is 6.35. The van der Waals surface area contributed by atoms with E-state index in [-0.39, 0.29) is 23.4 Å². The summed E-state index contributed by atoms with van der Waals surface area (Å²) in [6.45, 7) is 2.03. The number of carbonyl (C=O) groups excluding carboxylic acids is 2. The number of carbonyl (C=O) groups is 2. The summed E-state index contributed by atoms with van der Waals surface area (Å²) >= 11 is 12.1. The molecule has 0 heterocycles. The molecule has 2 aromatic rings. The van der Waals surface area contributed by atoms with Crippen LogP contribution in [0.2, 0.25) is 10.0 Å². The maximum absolute atomic E-state index is 12.9. The average Bonchev–Trinajstić information content (AvgIpc) is 3.10. The van der Waals surface area contributed by atoms with Gasteiger partial charge >= 0.3 is 0 Å². The van der Waals surface area contributed by atoms with Gasteiger partial charge in [0, 0.05) is 16.9 Å². The predicted octanol–water partition coefficient (Wildman–Crippen LogP) is 6.00. The monoisotopic (exact) mass is 402 g/mol. The van der Waals surface area contributed by atoms with Crippen LogP contribution in [0.25, 0.3) is 0 Å². The second-order valence-corrected chi connectivity index (χ2v) is 8.18. The Hall–Kier alpha value is -1.84. The lowest BCUT2D eigenvalue weighted by molar-refractivity contribution is -0.135. The van der Waals surface area contributed by atoms with Crippen molar-refractivity contribution in [2.24, 2.45) is 11.8 Å². The average molecular weight is 403 g/mol. The number of ether oxygens (including phenoxy) is 1. The fraction of sp³-hybridized carbons (Fsp3) is 0.364. The van der Waals surface area contributed by atoms with Crippen LogP contribution in [-0.2, 0) is 16.0 Å². The van der Waals surface area contributed by atoms with E-state index in [2.05, 4.69) is 0 Å². The van der Waals surface area contributed by atoms with Gasteiger partial charge < -0.3 is 4.74 Å². The van der Waals surface area contributed by atoms with E-state index in [1.165, 1.54) is 0 Å². The molecule has 140 valence electrons. The van der Waals surface area contributed by atoms with E-state index >= 15 is 0 Å². The van der Waals surface area contributed by atoms with E-state index in [0.717, 1.165) is 36.8 Å². The van der Waals surface area contributed by atoms with Gasteiger partial charge in [0.2, 0.25) is 0 Å². The Labute approximate surface area is 168 Å². The minimum absolute atomic E-state index is 0.0256. The van der Waals surface area contributed by atoms with Crippen molar-refractivity contribution in [3.05, 3.63) is 57.6 Å². The van der Waals surface area contributed by atoms with Crippen LogP contribution >= 0.6 is 23.2 Å². The van der Waals surface area contributed by atoms with Crippen molar-refractivity contribution in [1.29, 1.82) is 0 Å². The molecule has 2 saturated carbocycles. The fourth-order valence-electron chi connectivity index (χ4n) is 4.33. The molecule has 3 atom stereocenters. The zero-order valence-corrected chi connectivity index (χ0v) is 16.5. The molecule has 0 spiro atoms. The van der Waals surface area contributed by atoms with Gasteiger partial charge in [-0.2, -0.15) is 0 Å². The molecule has 1 unspecified atom stereocenters. The second-order valence-electron chi connectivity index (χ2n) is 7.34. The molecule has 0 N–H and O–H groups in total. The van der Waals surface area contributed by atoms with Gasteiger partial charge in [0.05, 0.1) is 5.02 Å². The van der Waals surface area contributed by atoms with Crippen LogP contribution in [0.3, 0.4) is 0 Å². The first-order valence-corrected chi connectivity index (χ1v) is 10.1. The first-order chi connectivity index (χ1) is 13.0. The summed E-state index contributed by atoms with van der Waals surface area (Å²) in [6.07, 6.45) is 3.16. The van der Waals surface area contributed by atoms with Crippen LogP contribution in [0.1, 0.15) is 43.2 Å². The van der Waals surface area contributed by atoms with Crippen molar-refractivity contribution in [1.82, 2.24) is 0 Å². The zero-order chi connectivity index (χ0) is 19.1. The lowest BCUT2D eigenvalue weighted by Gasteiger charge is -2.27. The van der Waals surface area contributed by atoms with Gasteiger partial charge in [0.25, 0.3) is 0 Å². The zero-order valence-electron chi connectivity index (χ0n) is 15.0. The van der Waals surface area contributed by atoms with Crippen molar-refractivity contribution in [2.45, 2.75) is 38.5 Å². The highest BCUT2D eigenvalue weighted by Crippen LogP contribution is 2.45. The number of hydrogen-bond acceptors (Lipinski definition) is 3. The molecule has 0 amide bonds. The number of ketones is 2. The van der Waals surface area contributed by atoms with Crippen molar-refractivity contribution in [2.75, 3.05) is 0 Å². The summed E-state index contributed by atoms with van der Waals surface area (Å²) in [5.74, 6) is 0.587. The van der Waals surface area contributed by atoms with Gasteiger partial charge in [0.15, 0.2) is 11.6 Å². The summed E-state index contributed by atoms with van der Waals surface area (Å²) in [6, 6.07) is 10.6. The van der Waals surface area contributed by atoms with Gasteiger partial charge in [-0.05, 0) is 67.1 Å². The highest BCUT2D eigenvalue weighted by Gasteiger charge is 2.47. The molecule has 0 radical (unpaired) electrons. The predicted molar refractivity (Wildman–Crippen MR) is 106 cm³/mol. The molecule has 4 rings (SSSR count). The SMILES string of the molecule is CCc1ccc(Oc2ccc(Cl)cc2Cl)cc1C1C(=O)[C@@H]2CC[C@@H](C2)C1=O. The van der Waals surface area contributed by atoms with E-state index in [1.807, 2.05) is 25.1 Å². The van der Waals surface area contributed by atoms with Gasteiger partial charge in [-0.15, -0.1) is 0 Å². The van der Waals surface area contributed by atoms with E-state index in [9.17, 15) is 9.59 Å². The van der Waals surface area contributed by atoms with Crippen LogP contribution < -0.4 is 4.74 Å². The first-order valence-electron chi connectivity index (χ1n) is 9.31. The largest absolute Gasteiger partial charge is 0.456 e. The summed E-state index contributed by atoms with van der Waals surface area (Å²) < 4.78 is 5.92. The number of halogens is 2. The maximum atomic E-state index is 12.9. The quantitative estimate of drug-likeness (QED) is 0.588. The molecule has 0 aromatic heterocycles. The van der Waals surface area contributed by atoms with Crippen LogP contribution in [0.5, 0.6) is 11.5 Å². The van der Waals surface area contributed by atoms with Crippen molar-refractivity contribution in [3.63, 3.8) is 0 Å². The van der Waals surface area contributed by atoms with Crippen molar-refractivity contribution >= 4 is 34.8 Å². The lowest BCUT2D eigenvalue weighted by Crippen LogP contribution is -2.35. The molecule has 2 aliphatic rings. The number of hydrogen-bond donors (Lipinski definition) is 0. The molecule has 2 aliphatic carbocycles. The standard InChI is InChI=1S/C22H20Cl2O3/c1-2-12-5-7-16(27-19-8-6-15(23)10-18(19)24)11-17(12)20-21(25)13-3-4-14(9-13)22(20)26/h5-8,10-11,13-14,20H,2-4,9H2,1H3/t13-,14+,20?. The Balaban J connectivity index is 1.71. The van der Waals surface area contributed by atoms with Crippen LogP contribution in [0.15, 0.2) is 36.4 Å². The molecule has 3 nitrogen and oxygen atoms in total. The van der Waals surface area contributed by atoms with Crippen molar-refractivity contribution in [3.8, 4) is 11.5 Å². The molecule has 0 aliphatic heterocycles. The molecular formula is C22H20Cl2O3. The Morgan fingerprint density at radius 3 is 2.33 bits per heavy atom. The van der Waals surface area contributed by atoms with Gasteiger partial charge in [-0.25, -0.2) is 0 Å². The maximum Gasteiger partial charge on any atom is 0.150 e. The Morgan fingerprint density at radius 1 is 1.00 bits per heavy atom. The number of rotatable bonds is 4. The number of Topliss-reactive ketones (excluding diaryl/α,β-unsaturated/α-hetero) is 2. The van der Waals surface area contributed by atoms with Crippen LogP contribution in [0.4, 0.5) is 0 Å². The molecule has 27 heavy (non-hydrogen) atoms. The summed E-state index contributed by atoms with van der Waals surface area (Å²) in [5.41, 5.74) is 1.80. The van der Waals surface area contributed by atoms with Crippen LogP contribution in [-0.4, -0.2) is 11.6 Å². The highest BCUT2D eigenvalue weighted by atomic mass is 35.5. The molecule has 2 fully saturated rings. The van der Waals surface area contributed by atoms with Gasteiger partial charge in [-0.1, -0.05) is 36.2 Å². The summed E-state index contributed by atoms with van der Waals surface area (Å²) in [4.78, 5) is 25.9. The normalized spacial score (nSPS) is 24.3. The molecule has 5 heteroatoms. The van der Waals surface area contributed by atoms with Crippen molar-refractivity contribution < 1.29 is 14.3 Å². The Morgan fingerprint density at radius 2 is 1.70 bits per heavy atom. The smallest absolute Gasteiger partial charge is 0.150 e. The molecular weight excluding hydrogens is 383 g/mol. The minimum Gasteiger partial charge on any atom is -0.456 e. The van der Waals surface area contributed by atoms with Gasteiger partial charge in [0.1, 0.15) is 17.4 Å². The third-order valence-corrected chi connectivity index (χ3v) is 6.27. The summed E-state index contributed by atoms with van der Waals surface area (Å²) in [5, 5.41) is 0.940. The van der Waals surface area contributed by atoms with Gasteiger partial charge in [-0.3, -0.25) is 9.59 Å². The van der Waals surface area contributed by atoms with E-state index in [4.69, 9.17) is 27.9 Å². The number of aryl methyl sites for hydroxylation is 1. The summed E-state index contributed by atoms with van der Waals surface area (Å²) in [7, 11) is 0. The first kappa shape index (κ1) is 18.5. The van der Waals surface area contributed by atoms with Crippen LogP contribution in [0, 0.1) is 11.8 Å². The lowest BCUT2D eigenvalue weighted by atomic mass is 9.74. The minimum atomic E-state index is -0.657. The number of fused-ring (bicyclic) bond motifs is 2.